The molecule has 0 aliphatic rings. The number of hydrogen-bond acceptors (Lipinski definition) is 3. The summed E-state index contributed by atoms with van der Waals surface area (Å²) < 4.78 is 0. The van der Waals surface area contributed by atoms with Gasteiger partial charge in [-0.25, -0.2) is 0 Å². The lowest BCUT2D eigenvalue weighted by molar-refractivity contribution is 0.194. The highest BCUT2D eigenvalue weighted by Crippen LogP contribution is 2.32. The van der Waals surface area contributed by atoms with Gasteiger partial charge < -0.3 is 10.0 Å². The minimum Gasteiger partial charge on any atom is -0.423 e. The molecular formula is C30H28BNO2. The van der Waals surface area contributed by atoms with Crippen LogP contribution in [-0.4, -0.2) is 22.1 Å². The Morgan fingerprint density at radius 2 is 1.24 bits per heavy atom. The predicted molar refractivity (Wildman–Crippen MR) is 142 cm³/mol. The molecule has 5 aromatic rings. The maximum Gasteiger partial charge on any atom is 0.488 e. The molecule has 0 fully saturated rings. The fourth-order valence-corrected chi connectivity index (χ4v) is 4.90. The third kappa shape index (κ3) is 4.49. The van der Waals surface area contributed by atoms with E-state index in [2.05, 4.69) is 90.7 Å². The zero-order valence-corrected chi connectivity index (χ0v) is 19.3. The van der Waals surface area contributed by atoms with Crippen LogP contribution in [0.4, 0.5) is 0 Å². The minimum absolute atomic E-state index is 0.128. The molecule has 0 amide bonds. The summed E-state index contributed by atoms with van der Waals surface area (Å²) in [6.45, 7) is 3.55. The van der Waals surface area contributed by atoms with E-state index in [0.29, 0.717) is 12.0 Å². The van der Waals surface area contributed by atoms with Gasteiger partial charge in [-0.15, -0.1) is 0 Å². The summed E-state index contributed by atoms with van der Waals surface area (Å²) in [6, 6.07) is 37.6. The molecule has 0 saturated heterocycles. The lowest BCUT2D eigenvalue weighted by Gasteiger charge is -2.31. The molecule has 0 aromatic heterocycles. The van der Waals surface area contributed by atoms with Crippen molar-refractivity contribution in [3.8, 4) is 0 Å². The Hall–Kier alpha value is -3.44. The molecular weight excluding hydrogens is 417 g/mol. The number of benzene rings is 5. The van der Waals surface area contributed by atoms with Crippen LogP contribution in [0.3, 0.4) is 0 Å². The molecule has 0 spiro atoms. The Labute approximate surface area is 201 Å². The highest BCUT2D eigenvalue weighted by atomic mass is 16.4. The van der Waals surface area contributed by atoms with E-state index in [-0.39, 0.29) is 6.04 Å². The van der Waals surface area contributed by atoms with Crippen LogP contribution in [0.5, 0.6) is 0 Å². The van der Waals surface area contributed by atoms with Gasteiger partial charge in [0.05, 0.1) is 0 Å². The molecule has 1 atom stereocenters. The SMILES string of the molecule is C[C@@H](c1ccccc1)N(Cc1ccccc1B(O)O)Cc1c2ccccc2cc2ccccc12. The molecule has 0 radical (unpaired) electrons. The van der Waals surface area contributed by atoms with E-state index in [1.54, 1.807) is 6.07 Å². The molecule has 4 heteroatoms. The first kappa shape index (κ1) is 22.4. The summed E-state index contributed by atoms with van der Waals surface area (Å²) in [4.78, 5) is 2.42. The maximum atomic E-state index is 9.98. The normalized spacial score (nSPS) is 12.4. The molecule has 0 aliphatic heterocycles. The standard InChI is InChI=1S/C30H28BNO2/c1-22(23-11-3-2-4-12-23)32(20-26-15-7-10-18-30(26)31(33)34)21-29-27-16-8-5-13-24(27)19-25-14-6-9-17-28(25)29/h2-19,22,33-34H,20-21H2,1H3/t22-/m0/s1. The van der Waals surface area contributed by atoms with Gasteiger partial charge in [0.25, 0.3) is 0 Å². The topological polar surface area (TPSA) is 43.7 Å². The van der Waals surface area contributed by atoms with Crippen LogP contribution >= 0.6 is 0 Å². The van der Waals surface area contributed by atoms with Crippen LogP contribution < -0.4 is 5.46 Å². The first-order chi connectivity index (χ1) is 16.6. The molecule has 0 bridgehead atoms. The third-order valence-electron chi connectivity index (χ3n) is 6.78. The Morgan fingerprint density at radius 1 is 0.676 bits per heavy atom. The number of fused-ring (bicyclic) bond motifs is 2. The second-order valence-electron chi connectivity index (χ2n) is 8.86. The number of hydrogen-bond donors (Lipinski definition) is 2. The lowest BCUT2D eigenvalue weighted by Crippen LogP contribution is -2.36. The third-order valence-corrected chi connectivity index (χ3v) is 6.78. The first-order valence-corrected chi connectivity index (χ1v) is 11.7. The van der Waals surface area contributed by atoms with E-state index in [0.717, 1.165) is 12.1 Å². The van der Waals surface area contributed by atoms with Crippen molar-refractivity contribution < 1.29 is 10.0 Å². The fraction of sp³-hybridized carbons (Fsp3) is 0.133. The summed E-state index contributed by atoms with van der Waals surface area (Å²) in [5.74, 6) is 0. The van der Waals surface area contributed by atoms with Crippen LogP contribution in [0.1, 0.15) is 29.7 Å². The maximum absolute atomic E-state index is 9.98. The molecule has 168 valence electrons. The molecule has 0 saturated carbocycles. The van der Waals surface area contributed by atoms with E-state index in [9.17, 15) is 10.0 Å². The Balaban J connectivity index is 1.64. The van der Waals surface area contributed by atoms with E-state index in [1.807, 2.05) is 24.3 Å². The van der Waals surface area contributed by atoms with Crippen molar-refractivity contribution in [2.24, 2.45) is 0 Å². The monoisotopic (exact) mass is 445 g/mol. The van der Waals surface area contributed by atoms with Crippen molar-refractivity contribution in [3.63, 3.8) is 0 Å². The molecule has 0 heterocycles. The predicted octanol–water partition coefficient (Wildman–Crippen LogP) is 5.44. The molecule has 5 aromatic carbocycles. The van der Waals surface area contributed by atoms with Crippen LogP contribution in [0.2, 0.25) is 0 Å². The van der Waals surface area contributed by atoms with Crippen molar-refractivity contribution >= 4 is 34.1 Å². The molecule has 0 unspecified atom stereocenters. The average molecular weight is 445 g/mol. The zero-order chi connectivity index (χ0) is 23.5. The highest BCUT2D eigenvalue weighted by Gasteiger charge is 2.22. The molecule has 0 aliphatic carbocycles. The van der Waals surface area contributed by atoms with Gasteiger partial charge in [-0.05, 0) is 56.7 Å². The van der Waals surface area contributed by atoms with E-state index < -0.39 is 7.12 Å². The zero-order valence-electron chi connectivity index (χ0n) is 19.3. The number of rotatable bonds is 7. The summed E-state index contributed by atoms with van der Waals surface area (Å²) in [7, 11) is -1.50. The Bertz CT molecular complexity index is 1360. The molecule has 3 nitrogen and oxygen atoms in total. The smallest absolute Gasteiger partial charge is 0.423 e. The van der Waals surface area contributed by atoms with Gasteiger partial charge in [0, 0.05) is 19.1 Å². The quantitative estimate of drug-likeness (QED) is 0.259. The summed E-state index contributed by atoms with van der Waals surface area (Å²) in [5.41, 5.74) is 3.99. The van der Waals surface area contributed by atoms with E-state index in [4.69, 9.17) is 0 Å². The van der Waals surface area contributed by atoms with Crippen LogP contribution in [-0.2, 0) is 13.1 Å². The molecule has 2 N–H and O–H groups in total. The van der Waals surface area contributed by atoms with Gasteiger partial charge in [0.2, 0.25) is 0 Å². The highest BCUT2D eigenvalue weighted by molar-refractivity contribution is 6.59. The Morgan fingerprint density at radius 3 is 1.88 bits per heavy atom. The second-order valence-corrected chi connectivity index (χ2v) is 8.86. The van der Waals surface area contributed by atoms with Crippen molar-refractivity contribution in [1.29, 1.82) is 0 Å². The van der Waals surface area contributed by atoms with Gasteiger partial charge in [-0.2, -0.15) is 0 Å². The van der Waals surface area contributed by atoms with E-state index in [1.165, 1.54) is 32.7 Å². The summed E-state index contributed by atoms with van der Waals surface area (Å²) >= 11 is 0. The van der Waals surface area contributed by atoms with Gasteiger partial charge in [0.15, 0.2) is 0 Å². The second kappa shape index (κ2) is 9.82. The molecule has 5 rings (SSSR count). The fourth-order valence-electron chi connectivity index (χ4n) is 4.90. The van der Waals surface area contributed by atoms with Crippen molar-refractivity contribution in [2.45, 2.75) is 26.1 Å². The van der Waals surface area contributed by atoms with Gasteiger partial charge in [0.1, 0.15) is 0 Å². The summed E-state index contributed by atoms with van der Waals surface area (Å²) in [5, 5.41) is 24.9. The Kier molecular flexibility index (Phi) is 6.46. The minimum atomic E-state index is -1.50. The van der Waals surface area contributed by atoms with Crippen LogP contribution in [0.25, 0.3) is 21.5 Å². The average Bonchev–Trinajstić information content (AvgIpc) is 2.88. The lowest BCUT2D eigenvalue weighted by atomic mass is 9.77. The van der Waals surface area contributed by atoms with E-state index >= 15 is 0 Å². The van der Waals surface area contributed by atoms with Crippen LogP contribution in [0, 0.1) is 0 Å². The molecule has 34 heavy (non-hydrogen) atoms. The first-order valence-electron chi connectivity index (χ1n) is 11.7. The van der Waals surface area contributed by atoms with Crippen molar-refractivity contribution in [1.82, 2.24) is 4.90 Å². The van der Waals surface area contributed by atoms with Crippen molar-refractivity contribution in [3.05, 3.63) is 126 Å². The number of nitrogens with zero attached hydrogens (tertiary/aromatic N) is 1. The van der Waals surface area contributed by atoms with Crippen LogP contribution in [0.15, 0.2) is 109 Å². The van der Waals surface area contributed by atoms with Gasteiger partial charge in [-0.1, -0.05) is 103 Å². The summed E-state index contributed by atoms with van der Waals surface area (Å²) in [6.07, 6.45) is 0. The largest absolute Gasteiger partial charge is 0.488 e. The van der Waals surface area contributed by atoms with Crippen molar-refractivity contribution in [2.75, 3.05) is 0 Å². The van der Waals surface area contributed by atoms with Gasteiger partial charge in [-0.3, -0.25) is 4.90 Å². The van der Waals surface area contributed by atoms with Gasteiger partial charge >= 0.3 is 7.12 Å².